The van der Waals surface area contributed by atoms with E-state index in [9.17, 15) is 4.79 Å². The maximum Gasteiger partial charge on any atom is 0.344 e. The van der Waals surface area contributed by atoms with Gasteiger partial charge >= 0.3 is 12.0 Å². The average molecular weight is 320 g/mol. The number of aliphatic carboxylic acids is 1. The Kier molecular flexibility index (Phi) is 5.19. The number of carboxylic acid groups (broad SMARTS) is 1. The maximum absolute atomic E-state index is 10.8. The molecule has 23 heavy (non-hydrogen) atoms. The van der Waals surface area contributed by atoms with Crippen LogP contribution >= 0.6 is 0 Å². The van der Waals surface area contributed by atoms with Crippen molar-refractivity contribution in [3.8, 4) is 29.3 Å². The lowest BCUT2D eigenvalue weighted by atomic mass is 10.3. The molecular weight excluding hydrogens is 304 g/mol. The Morgan fingerprint density at radius 2 is 1.70 bits per heavy atom. The molecule has 0 aliphatic carbocycles. The third kappa shape index (κ3) is 4.47. The number of methoxy groups -OCH3 is 2. The highest BCUT2D eigenvalue weighted by molar-refractivity contribution is 5.72. The molecule has 8 heteroatoms. The highest BCUT2D eigenvalue weighted by Gasteiger charge is 2.13. The van der Waals surface area contributed by atoms with E-state index in [2.05, 4.69) is 9.97 Å². The summed E-state index contributed by atoms with van der Waals surface area (Å²) in [6.45, 7) is 1.44. The van der Waals surface area contributed by atoms with Crippen LogP contribution < -0.4 is 18.9 Å². The predicted octanol–water partition coefficient (Wildman–Crippen LogP) is 2.14. The van der Waals surface area contributed by atoms with Crippen LogP contribution in [0.5, 0.6) is 29.3 Å². The smallest absolute Gasteiger partial charge is 0.344 e. The Morgan fingerprint density at radius 3 is 2.26 bits per heavy atom. The lowest BCUT2D eigenvalue weighted by Crippen LogP contribution is -2.22. The molecule has 0 aliphatic rings. The SMILES string of the molecule is COc1cc(OC)nc(Oc2cccc(OC(C)C(=O)O)c2)n1. The van der Waals surface area contributed by atoms with Gasteiger partial charge < -0.3 is 24.1 Å². The van der Waals surface area contributed by atoms with Crippen LogP contribution in [-0.4, -0.2) is 41.4 Å². The molecule has 1 N–H and O–H groups in total. The van der Waals surface area contributed by atoms with E-state index in [-0.39, 0.29) is 6.01 Å². The van der Waals surface area contributed by atoms with Gasteiger partial charge in [0.1, 0.15) is 11.5 Å². The molecule has 0 aliphatic heterocycles. The van der Waals surface area contributed by atoms with E-state index >= 15 is 0 Å². The van der Waals surface area contributed by atoms with Gasteiger partial charge in [-0.3, -0.25) is 0 Å². The van der Waals surface area contributed by atoms with E-state index in [0.717, 1.165) is 0 Å². The lowest BCUT2D eigenvalue weighted by Gasteiger charge is -2.12. The number of hydrogen-bond acceptors (Lipinski definition) is 7. The first-order valence-electron chi connectivity index (χ1n) is 6.66. The molecule has 1 aromatic heterocycles. The predicted molar refractivity (Wildman–Crippen MR) is 79.4 cm³/mol. The maximum atomic E-state index is 10.8. The van der Waals surface area contributed by atoms with E-state index in [1.54, 1.807) is 18.2 Å². The molecule has 0 radical (unpaired) electrons. The minimum atomic E-state index is -1.06. The average Bonchev–Trinajstić information content (AvgIpc) is 2.54. The quantitative estimate of drug-likeness (QED) is 0.828. The van der Waals surface area contributed by atoms with Crippen molar-refractivity contribution in [3.63, 3.8) is 0 Å². The second-order valence-electron chi connectivity index (χ2n) is 4.41. The monoisotopic (exact) mass is 320 g/mol. The number of rotatable bonds is 7. The van der Waals surface area contributed by atoms with Crippen LogP contribution in [0, 0.1) is 0 Å². The van der Waals surface area contributed by atoms with Crippen molar-refractivity contribution in [3.05, 3.63) is 30.3 Å². The van der Waals surface area contributed by atoms with Crippen molar-refractivity contribution >= 4 is 5.97 Å². The Labute approximate surface area is 132 Å². The van der Waals surface area contributed by atoms with Gasteiger partial charge in [0.2, 0.25) is 11.8 Å². The van der Waals surface area contributed by atoms with Crippen LogP contribution in [0.3, 0.4) is 0 Å². The number of benzene rings is 1. The highest BCUT2D eigenvalue weighted by Crippen LogP contribution is 2.26. The number of carbonyl (C=O) groups is 1. The molecule has 1 aromatic carbocycles. The first-order valence-corrected chi connectivity index (χ1v) is 6.66. The lowest BCUT2D eigenvalue weighted by molar-refractivity contribution is -0.144. The molecule has 0 amide bonds. The number of nitrogens with zero attached hydrogens (tertiary/aromatic N) is 2. The largest absolute Gasteiger partial charge is 0.481 e. The second-order valence-corrected chi connectivity index (χ2v) is 4.41. The fourth-order valence-corrected chi connectivity index (χ4v) is 1.61. The summed E-state index contributed by atoms with van der Waals surface area (Å²) in [5.41, 5.74) is 0. The zero-order valence-corrected chi connectivity index (χ0v) is 12.8. The van der Waals surface area contributed by atoms with E-state index in [1.165, 1.54) is 33.3 Å². The molecule has 0 saturated carbocycles. The van der Waals surface area contributed by atoms with Crippen molar-refractivity contribution in [1.29, 1.82) is 0 Å². The Hall–Kier alpha value is -3.03. The van der Waals surface area contributed by atoms with Crippen molar-refractivity contribution < 1.29 is 28.8 Å². The van der Waals surface area contributed by atoms with Crippen molar-refractivity contribution in [2.75, 3.05) is 14.2 Å². The van der Waals surface area contributed by atoms with Gasteiger partial charge in [0, 0.05) is 6.07 Å². The summed E-state index contributed by atoms with van der Waals surface area (Å²) in [6.07, 6.45) is -0.974. The van der Waals surface area contributed by atoms with Gasteiger partial charge in [-0.1, -0.05) is 6.07 Å². The molecule has 2 aromatic rings. The van der Waals surface area contributed by atoms with E-state index < -0.39 is 12.1 Å². The standard InChI is InChI=1S/C15H16N2O6/c1-9(14(18)19)22-10-5-4-6-11(7-10)23-15-16-12(20-2)8-13(17-15)21-3/h4-9H,1-3H3,(H,18,19). The first kappa shape index (κ1) is 16.3. The zero-order valence-electron chi connectivity index (χ0n) is 12.8. The second kappa shape index (κ2) is 7.30. The van der Waals surface area contributed by atoms with Gasteiger partial charge in [0.25, 0.3) is 0 Å². The summed E-state index contributed by atoms with van der Waals surface area (Å²) in [7, 11) is 2.93. The number of aromatic nitrogens is 2. The van der Waals surface area contributed by atoms with Crippen molar-refractivity contribution in [1.82, 2.24) is 9.97 Å². The summed E-state index contributed by atoms with van der Waals surface area (Å²) in [6, 6.07) is 8.03. The molecule has 1 unspecified atom stereocenters. The van der Waals surface area contributed by atoms with E-state index in [0.29, 0.717) is 23.3 Å². The van der Waals surface area contributed by atoms with Crippen LogP contribution in [-0.2, 0) is 4.79 Å². The third-order valence-electron chi connectivity index (χ3n) is 2.75. The molecule has 0 fully saturated rings. The van der Waals surface area contributed by atoms with Crippen LogP contribution in [0.4, 0.5) is 0 Å². The molecule has 0 bridgehead atoms. The van der Waals surface area contributed by atoms with Crippen molar-refractivity contribution in [2.24, 2.45) is 0 Å². The molecule has 0 saturated heterocycles. The highest BCUT2D eigenvalue weighted by atomic mass is 16.5. The van der Waals surface area contributed by atoms with Crippen LogP contribution in [0.25, 0.3) is 0 Å². The third-order valence-corrected chi connectivity index (χ3v) is 2.75. The van der Waals surface area contributed by atoms with Gasteiger partial charge in [0.05, 0.1) is 20.3 Å². The summed E-state index contributed by atoms with van der Waals surface area (Å²) in [5, 5.41) is 8.86. The number of carboxylic acids is 1. The minimum absolute atomic E-state index is 0.0321. The Morgan fingerprint density at radius 1 is 1.09 bits per heavy atom. The summed E-state index contributed by atoms with van der Waals surface area (Å²) in [5.74, 6) is 0.261. The van der Waals surface area contributed by atoms with Gasteiger partial charge in [0.15, 0.2) is 6.10 Å². The molecule has 122 valence electrons. The Balaban J connectivity index is 2.18. The van der Waals surface area contributed by atoms with Crippen LogP contribution in [0.15, 0.2) is 30.3 Å². The zero-order chi connectivity index (χ0) is 16.8. The number of ether oxygens (including phenoxy) is 4. The van der Waals surface area contributed by atoms with Gasteiger partial charge in [-0.15, -0.1) is 0 Å². The summed E-state index contributed by atoms with van der Waals surface area (Å²) < 4.78 is 20.9. The molecular formula is C15H16N2O6. The normalized spacial score (nSPS) is 11.4. The van der Waals surface area contributed by atoms with Crippen LogP contribution in [0.2, 0.25) is 0 Å². The van der Waals surface area contributed by atoms with Crippen molar-refractivity contribution in [2.45, 2.75) is 13.0 Å². The van der Waals surface area contributed by atoms with E-state index in [1.807, 2.05) is 0 Å². The molecule has 0 spiro atoms. The summed E-state index contributed by atoms with van der Waals surface area (Å²) in [4.78, 5) is 18.9. The first-order chi connectivity index (χ1) is 11.0. The van der Waals surface area contributed by atoms with Gasteiger partial charge in [-0.2, -0.15) is 9.97 Å². The number of hydrogen-bond donors (Lipinski definition) is 1. The topological polar surface area (TPSA) is 100 Å². The molecule has 1 heterocycles. The van der Waals surface area contributed by atoms with E-state index in [4.69, 9.17) is 24.1 Å². The molecule has 8 nitrogen and oxygen atoms in total. The van der Waals surface area contributed by atoms with Gasteiger partial charge in [-0.05, 0) is 19.1 Å². The molecule has 2 rings (SSSR count). The fourth-order valence-electron chi connectivity index (χ4n) is 1.61. The summed E-state index contributed by atoms with van der Waals surface area (Å²) >= 11 is 0. The van der Waals surface area contributed by atoms with Gasteiger partial charge in [-0.25, -0.2) is 4.79 Å². The Bertz CT molecular complexity index is 669. The van der Waals surface area contributed by atoms with Crippen LogP contribution in [0.1, 0.15) is 6.92 Å². The molecule has 1 atom stereocenters. The minimum Gasteiger partial charge on any atom is -0.481 e. The fraction of sp³-hybridized carbons (Fsp3) is 0.267.